The number of rotatable bonds is 2. The van der Waals surface area contributed by atoms with E-state index in [2.05, 4.69) is 32.7 Å². The Kier molecular flexibility index (Phi) is 2.85. The first-order valence-corrected chi connectivity index (χ1v) is 6.02. The second-order valence-electron chi connectivity index (χ2n) is 5.03. The summed E-state index contributed by atoms with van der Waals surface area (Å²) < 4.78 is 6.21. The van der Waals surface area contributed by atoms with Gasteiger partial charge >= 0.3 is 0 Å². The molecular weight excluding hydrogens is 174 g/mol. The second-order valence-corrected chi connectivity index (χ2v) is 5.03. The van der Waals surface area contributed by atoms with E-state index in [0.717, 1.165) is 12.3 Å². The van der Waals surface area contributed by atoms with Crippen LogP contribution < -0.4 is 0 Å². The van der Waals surface area contributed by atoms with Crippen molar-refractivity contribution in [2.45, 2.75) is 64.3 Å². The van der Waals surface area contributed by atoms with Gasteiger partial charge in [-0.2, -0.15) is 0 Å². The third-order valence-electron chi connectivity index (χ3n) is 4.12. The summed E-state index contributed by atoms with van der Waals surface area (Å²) in [6.07, 6.45) is 4.85. The quantitative estimate of drug-likeness (QED) is 0.673. The molecular formula is C12H23NO. The van der Waals surface area contributed by atoms with Crippen molar-refractivity contribution in [3.05, 3.63) is 0 Å². The van der Waals surface area contributed by atoms with Crippen molar-refractivity contribution in [2.75, 3.05) is 7.05 Å². The normalized spacial score (nSPS) is 45.4. The molecule has 2 nitrogen and oxygen atoms in total. The molecule has 0 aromatic rings. The molecule has 4 atom stereocenters. The molecule has 1 aliphatic heterocycles. The number of nitrogens with zero attached hydrogens (tertiary/aromatic N) is 1. The highest BCUT2D eigenvalue weighted by Gasteiger charge is 2.43. The van der Waals surface area contributed by atoms with Crippen LogP contribution in [-0.2, 0) is 4.74 Å². The Morgan fingerprint density at radius 1 is 1.21 bits per heavy atom. The standard InChI is InChI=1S/C12H23NO/c1-5-11-8(2)13(4)9(3)12(14-11)10-6-7-10/h8-12H,5-7H2,1-4H3. The van der Waals surface area contributed by atoms with Gasteiger partial charge in [-0.1, -0.05) is 6.92 Å². The molecule has 2 heteroatoms. The zero-order valence-electron chi connectivity index (χ0n) is 9.86. The first-order chi connectivity index (χ1) is 6.65. The van der Waals surface area contributed by atoms with Crippen molar-refractivity contribution in [3.63, 3.8) is 0 Å². The second kappa shape index (κ2) is 3.82. The minimum absolute atomic E-state index is 0.446. The molecule has 1 aliphatic carbocycles. The van der Waals surface area contributed by atoms with E-state index in [0.29, 0.717) is 24.3 Å². The fraction of sp³-hybridized carbons (Fsp3) is 1.00. The van der Waals surface area contributed by atoms with Crippen LogP contribution >= 0.6 is 0 Å². The molecule has 0 aromatic heterocycles. The van der Waals surface area contributed by atoms with Gasteiger partial charge in [0.15, 0.2) is 0 Å². The highest BCUT2D eigenvalue weighted by atomic mass is 16.5. The topological polar surface area (TPSA) is 12.5 Å². The van der Waals surface area contributed by atoms with Gasteiger partial charge in [-0.05, 0) is 46.1 Å². The van der Waals surface area contributed by atoms with E-state index in [1.54, 1.807) is 0 Å². The third kappa shape index (κ3) is 1.70. The predicted molar refractivity (Wildman–Crippen MR) is 58.4 cm³/mol. The smallest absolute Gasteiger partial charge is 0.0760 e. The van der Waals surface area contributed by atoms with Gasteiger partial charge in [-0.15, -0.1) is 0 Å². The Morgan fingerprint density at radius 2 is 1.86 bits per heavy atom. The molecule has 14 heavy (non-hydrogen) atoms. The van der Waals surface area contributed by atoms with Crippen LogP contribution in [0.5, 0.6) is 0 Å². The largest absolute Gasteiger partial charge is 0.371 e. The van der Waals surface area contributed by atoms with Crippen LogP contribution in [0.4, 0.5) is 0 Å². The summed E-state index contributed by atoms with van der Waals surface area (Å²) in [6, 6.07) is 1.17. The van der Waals surface area contributed by atoms with Gasteiger partial charge in [0.05, 0.1) is 12.2 Å². The average Bonchev–Trinajstić information content (AvgIpc) is 2.98. The van der Waals surface area contributed by atoms with Crippen molar-refractivity contribution < 1.29 is 4.74 Å². The summed E-state index contributed by atoms with van der Waals surface area (Å²) in [5, 5.41) is 0. The maximum atomic E-state index is 6.21. The highest BCUT2D eigenvalue weighted by Crippen LogP contribution is 2.40. The molecule has 0 spiro atoms. The van der Waals surface area contributed by atoms with Crippen LogP contribution in [-0.4, -0.2) is 36.2 Å². The Bertz CT molecular complexity index is 200. The first kappa shape index (κ1) is 10.4. The maximum absolute atomic E-state index is 6.21. The average molecular weight is 197 g/mol. The zero-order valence-corrected chi connectivity index (χ0v) is 9.86. The molecule has 0 amide bonds. The van der Waals surface area contributed by atoms with Gasteiger partial charge in [-0.25, -0.2) is 0 Å². The SMILES string of the molecule is CCC1OC(C2CC2)C(C)N(C)C1C. The van der Waals surface area contributed by atoms with Crippen LogP contribution in [0.25, 0.3) is 0 Å². The van der Waals surface area contributed by atoms with Crippen molar-refractivity contribution in [1.29, 1.82) is 0 Å². The lowest BCUT2D eigenvalue weighted by molar-refractivity contribution is -0.144. The van der Waals surface area contributed by atoms with Crippen LogP contribution in [0.15, 0.2) is 0 Å². The number of hydrogen-bond acceptors (Lipinski definition) is 2. The van der Waals surface area contributed by atoms with Gasteiger partial charge < -0.3 is 4.74 Å². The van der Waals surface area contributed by atoms with Gasteiger partial charge in [0.25, 0.3) is 0 Å². The first-order valence-electron chi connectivity index (χ1n) is 6.02. The molecule has 1 saturated heterocycles. The molecule has 2 aliphatic rings. The Morgan fingerprint density at radius 3 is 2.36 bits per heavy atom. The summed E-state index contributed by atoms with van der Waals surface area (Å²) in [4.78, 5) is 2.50. The summed E-state index contributed by atoms with van der Waals surface area (Å²) in [6.45, 7) is 6.83. The van der Waals surface area contributed by atoms with Gasteiger partial charge in [-0.3, -0.25) is 4.90 Å². The Labute approximate surface area is 87.6 Å². The van der Waals surface area contributed by atoms with Gasteiger partial charge in [0.2, 0.25) is 0 Å². The van der Waals surface area contributed by atoms with Crippen molar-refractivity contribution in [2.24, 2.45) is 5.92 Å². The third-order valence-corrected chi connectivity index (χ3v) is 4.12. The number of hydrogen-bond donors (Lipinski definition) is 0. The van der Waals surface area contributed by atoms with Gasteiger partial charge in [0, 0.05) is 12.1 Å². The summed E-state index contributed by atoms with van der Waals surface area (Å²) in [5.74, 6) is 0.856. The lowest BCUT2D eigenvalue weighted by atomic mass is 9.97. The van der Waals surface area contributed by atoms with E-state index in [-0.39, 0.29) is 0 Å². The van der Waals surface area contributed by atoms with E-state index < -0.39 is 0 Å². The van der Waals surface area contributed by atoms with E-state index in [1.807, 2.05) is 0 Å². The highest BCUT2D eigenvalue weighted by molar-refractivity contribution is 4.95. The zero-order chi connectivity index (χ0) is 10.3. The van der Waals surface area contributed by atoms with Crippen LogP contribution in [0.3, 0.4) is 0 Å². The molecule has 1 saturated carbocycles. The number of morpholine rings is 1. The molecule has 0 N–H and O–H groups in total. The van der Waals surface area contributed by atoms with Crippen LogP contribution in [0, 0.1) is 5.92 Å². The lowest BCUT2D eigenvalue weighted by Crippen LogP contribution is -2.57. The predicted octanol–water partition coefficient (Wildman–Crippen LogP) is 2.28. The molecule has 1 heterocycles. The van der Waals surface area contributed by atoms with E-state index >= 15 is 0 Å². The monoisotopic (exact) mass is 197 g/mol. The summed E-state index contributed by atoms with van der Waals surface area (Å²) in [7, 11) is 2.25. The fourth-order valence-electron chi connectivity index (χ4n) is 2.66. The fourth-order valence-corrected chi connectivity index (χ4v) is 2.66. The van der Waals surface area contributed by atoms with Crippen molar-refractivity contribution >= 4 is 0 Å². The summed E-state index contributed by atoms with van der Waals surface area (Å²) in [5.41, 5.74) is 0. The molecule has 4 unspecified atom stereocenters. The number of likely N-dealkylation sites (N-methyl/N-ethyl adjacent to an activating group) is 1. The maximum Gasteiger partial charge on any atom is 0.0760 e. The lowest BCUT2D eigenvalue weighted by Gasteiger charge is -2.46. The van der Waals surface area contributed by atoms with E-state index in [1.165, 1.54) is 12.8 Å². The minimum atomic E-state index is 0.446. The minimum Gasteiger partial charge on any atom is -0.371 e. The molecule has 0 bridgehead atoms. The molecule has 2 rings (SSSR count). The molecule has 2 fully saturated rings. The summed E-state index contributed by atoms with van der Waals surface area (Å²) >= 11 is 0. The number of ether oxygens (including phenoxy) is 1. The van der Waals surface area contributed by atoms with Crippen molar-refractivity contribution in [3.8, 4) is 0 Å². The van der Waals surface area contributed by atoms with E-state index in [4.69, 9.17) is 4.74 Å². The van der Waals surface area contributed by atoms with E-state index in [9.17, 15) is 0 Å². The molecule has 0 radical (unpaired) electrons. The van der Waals surface area contributed by atoms with Crippen LogP contribution in [0.2, 0.25) is 0 Å². The Hall–Kier alpha value is -0.0800. The van der Waals surface area contributed by atoms with Crippen LogP contribution in [0.1, 0.15) is 40.0 Å². The molecule has 82 valence electrons. The van der Waals surface area contributed by atoms with Gasteiger partial charge in [0.1, 0.15) is 0 Å². The van der Waals surface area contributed by atoms with Crippen molar-refractivity contribution in [1.82, 2.24) is 4.90 Å². The Balaban J connectivity index is 2.05. The molecule has 0 aromatic carbocycles.